The van der Waals surface area contributed by atoms with Gasteiger partial charge >= 0.3 is 0 Å². The second kappa shape index (κ2) is 9.42. The first-order valence-electron chi connectivity index (χ1n) is 8.81. The van der Waals surface area contributed by atoms with E-state index in [1.807, 2.05) is 58.0 Å². The molecule has 0 aliphatic heterocycles. The molecule has 6 nitrogen and oxygen atoms in total. The number of guanidine groups is 1. The quantitative estimate of drug-likeness (QED) is 0.425. The summed E-state index contributed by atoms with van der Waals surface area (Å²) >= 11 is 0. The topological polar surface area (TPSA) is 85.8 Å². The van der Waals surface area contributed by atoms with Gasteiger partial charge in [0, 0.05) is 13.1 Å². The van der Waals surface area contributed by atoms with Gasteiger partial charge in [-0.05, 0) is 40.2 Å². The van der Waals surface area contributed by atoms with Crippen LogP contribution in [0, 0.1) is 5.41 Å². The summed E-state index contributed by atoms with van der Waals surface area (Å²) in [6.45, 7) is 11.3. The molecule has 0 saturated carbocycles. The Hall–Kier alpha value is -2.08. The van der Waals surface area contributed by atoms with Gasteiger partial charge in [0.25, 0.3) is 0 Å². The highest BCUT2D eigenvalue weighted by Gasteiger charge is 2.27. The number of carbonyl (C=O) groups excluding carboxylic acids is 1. The van der Waals surface area contributed by atoms with E-state index in [1.165, 1.54) is 0 Å². The Morgan fingerprint density at radius 3 is 2.20 bits per heavy atom. The third-order valence-corrected chi connectivity index (χ3v) is 3.92. The number of carbonyl (C=O) groups is 1. The maximum absolute atomic E-state index is 12.1. The molecule has 6 heteroatoms. The summed E-state index contributed by atoms with van der Waals surface area (Å²) in [4.78, 5) is 16.6. The van der Waals surface area contributed by atoms with Crippen molar-refractivity contribution in [3.05, 3.63) is 35.9 Å². The van der Waals surface area contributed by atoms with Crippen LogP contribution in [0.1, 0.15) is 40.2 Å². The van der Waals surface area contributed by atoms with Crippen molar-refractivity contribution in [3.8, 4) is 0 Å². The summed E-state index contributed by atoms with van der Waals surface area (Å²) in [6, 6.07) is 9.51. The van der Waals surface area contributed by atoms with E-state index in [4.69, 9.17) is 0 Å². The van der Waals surface area contributed by atoms with Gasteiger partial charge < -0.3 is 21.1 Å². The molecule has 0 aliphatic rings. The molecule has 0 fully saturated rings. The zero-order chi connectivity index (χ0) is 18.9. The van der Waals surface area contributed by atoms with Gasteiger partial charge in [-0.15, -0.1) is 0 Å². The van der Waals surface area contributed by atoms with Gasteiger partial charge in [0.2, 0.25) is 5.91 Å². The first-order valence-corrected chi connectivity index (χ1v) is 8.81. The summed E-state index contributed by atoms with van der Waals surface area (Å²) < 4.78 is 0. The Morgan fingerprint density at radius 2 is 1.64 bits per heavy atom. The lowest BCUT2D eigenvalue weighted by atomic mass is 9.92. The summed E-state index contributed by atoms with van der Waals surface area (Å²) in [7, 11) is 0. The van der Waals surface area contributed by atoms with Crippen LogP contribution in [-0.2, 0) is 10.4 Å². The van der Waals surface area contributed by atoms with Crippen molar-refractivity contribution >= 4 is 11.9 Å². The summed E-state index contributed by atoms with van der Waals surface area (Å²) in [5.41, 5.74) is -0.784. The normalized spacial score (nSPS) is 14.6. The number of rotatable bonds is 8. The SMILES string of the molecule is CCNC(=O)C(C)(C)CN=C(NCC)NCC(C)(O)c1ccccc1. The largest absolute Gasteiger partial charge is 0.384 e. The lowest BCUT2D eigenvalue weighted by Crippen LogP contribution is -2.45. The summed E-state index contributed by atoms with van der Waals surface area (Å²) in [6.07, 6.45) is 0. The minimum Gasteiger partial charge on any atom is -0.384 e. The Morgan fingerprint density at radius 1 is 1.04 bits per heavy atom. The average molecular weight is 348 g/mol. The first kappa shape index (κ1) is 21.0. The highest BCUT2D eigenvalue weighted by molar-refractivity contribution is 5.83. The highest BCUT2D eigenvalue weighted by Crippen LogP contribution is 2.19. The number of nitrogens with one attached hydrogen (secondary N) is 3. The molecule has 0 radical (unpaired) electrons. The van der Waals surface area contributed by atoms with Crippen LogP contribution < -0.4 is 16.0 Å². The standard InChI is InChI=1S/C19H32N4O2/c1-6-20-16(24)18(3,4)13-22-17(21-7-2)23-14-19(5,25)15-11-9-8-10-12-15/h8-12,25H,6-7,13-14H2,1-5H3,(H,20,24)(H2,21,22,23). The maximum atomic E-state index is 12.1. The van der Waals surface area contributed by atoms with Crippen LogP contribution in [0.15, 0.2) is 35.3 Å². The smallest absolute Gasteiger partial charge is 0.227 e. The molecule has 25 heavy (non-hydrogen) atoms. The van der Waals surface area contributed by atoms with Gasteiger partial charge in [-0.25, -0.2) is 0 Å². The van der Waals surface area contributed by atoms with E-state index in [2.05, 4.69) is 20.9 Å². The minimum absolute atomic E-state index is 0.0223. The lowest BCUT2D eigenvalue weighted by molar-refractivity contribution is -0.128. The number of aliphatic imine (C=N–C) groups is 1. The molecule has 0 aromatic heterocycles. The summed E-state index contributed by atoms with van der Waals surface area (Å²) in [5.74, 6) is 0.557. The third-order valence-electron chi connectivity index (χ3n) is 3.92. The van der Waals surface area contributed by atoms with E-state index in [-0.39, 0.29) is 5.91 Å². The third kappa shape index (κ3) is 6.74. The molecule has 0 spiro atoms. The molecule has 1 aromatic rings. The molecule has 1 aromatic carbocycles. The fourth-order valence-electron chi connectivity index (χ4n) is 2.25. The molecular weight excluding hydrogens is 316 g/mol. The van der Waals surface area contributed by atoms with Gasteiger partial charge in [0.1, 0.15) is 5.60 Å². The number of hydrogen-bond donors (Lipinski definition) is 4. The summed E-state index contributed by atoms with van der Waals surface area (Å²) in [5, 5.41) is 19.8. The second-order valence-corrected chi connectivity index (χ2v) is 6.93. The zero-order valence-corrected chi connectivity index (χ0v) is 16.0. The highest BCUT2D eigenvalue weighted by atomic mass is 16.3. The van der Waals surface area contributed by atoms with E-state index in [0.717, 1.165) is 5.56 Å². The number of amides is 1. The van der Waals surface area contributed by atoms with Crippen LogP contribution in [-0.4, -0.2) is 43.2 Å². The average Bonchev–Trinajstić information content (AvgIpc) is 2.58. The van der Waals surface area contributed by atoms with Gasteiger partial charge in [0.15, 0.2) is 5.96 Å². The van der Waals surface area contributed by atoms with Gasteiger partial charge in [-0.2, -0.15) is 0 Å². The predicted octanol–water partition coefficient (Wildman–Crippen LogP) is 1.61. The molecule has 4 N–H and O–H groups in total. The fourth-order valence-corrected chi connectivity index (χ4v) is 2.25. The fraction of sp³-hybridized carbons (Fsp3) is 0.579. The van der Waals surface area contributed by atoms with Crippen molar-refractivity contribution in [2.75, 3.05) is 26.2 Å². The van der Waals surface area contributed by atoms with Crippen LogP contribution in [0.4, 0.5) is 0 Å². The number of nitrogens with zero attached hydrogens (tertiary/aromatic N) is 1. The van der Waals surface area contributed by atoms with E-state index in [9.17, 15) is 9.90 Å². The van der Waals surface area contributed by atoms with Gasteiger partial charge in [-0.3, -0.25) is 9.79 Å². The van der Waals surface area contributed by atoms with Gasteiger partial charge in [0.05, 0.1) is 18.5 Å². The van der Waals surface area contributed by atoms with Crippen molar-refractivity contribution in [1.82, 2.24) is 16.0 Å². The van der Waals surface area contributed by atoms with E-state index in [0.29, 0.717) is 32.1 Å². The molecule has 140 valence electrons. The number of benzene rings is 1. The number of aliphatic hydroxyl groups is 1. The Bertz CT molecular complexity index is 568. The molecule has 1 rings (SSSR count). The van der Waals surface area contributed by atoms with Crippen molar-refractivity contribution in [2.45, 2.75) is 40.2 Å². The zero-order valence-electron chi connectivity index (χ0n) is 16.0. The minimum atomic E-state index is -1.02. The van der Waals surface area contributed by atoms with Crippen molar-refractivity contribution < 1.29 is 9.90 Å². The van der Waals surface area contributed by atoms with Crippen LogP contribution in [0.3, 0.4) is 0 Å². The molecule has 1 unspecified atom stereocenters. The first-order chi connectivity index (χ1) is 11.7. The lowest BCUT2D eigenvalue weighted by Gasteiger charge is -2.26. The van der Waals surface area contributed by atoms with Crippen LogP contribution in [0.2, 0.25) is 0 Å². The molecule has 1 amide bonds. The number of hydrogen-bond acceptors (Lipinski definition) is 3. The maximum Gasteiger partial charge on any atom is 0.227 e. The monoisotopic (exact) mass is 348 g/mol. The van der Waals surface area contributed by atoms with E-state index < -0.39 is 11.0 Å². The molecule has 0 saturated heterocycles. The Kier molecular flexibility index (Phi) is 7.90. The molecule has 0 heterocycles. The molecule has 0 aliphatic carbocycles. The van der Waals surface area contributed by atoms with E-state index in [1.54, 1.807) is 6.92 Å². The predicted molar refractivity (Wildman–Crippen MR) is 102 cm³/mol. The van der Waals surface area contributed by atoms with Gasteiger partial charge in [-0.1, -0.05) is 30.3 Å². The van der Waals surface area contributed by atoms with Crippen molar-refractivity contribution in [1.29, 1.82) is 0 Å². The second-order valence-electron chi connectivity index (χ2n) is 6.93. The van der Waals surface area contributed by atoms with E-state index >= 15 is 0 Å². The van der Waals surface area contributed by atoms with Crippen molar-refractivity contribution in [3.63, 3.8) is 0 Å². The molecular formula is C19H32N4O2. The Balaban J connectivity index is 2.75. The Labute approximate surface area is 151 Å². The molecule has 1 atom stereocenters. The van der Waals surface area contributed by atoms with Crippen LogP contribution in [0.25, 0.3) is 0 Å². The van der Waals surface area contributed by atoms with Crippen LogP contribution in [0.5, 0.6) is 0 Å². The van der Waals surface area contributed by atoms with Crippen molar-refractivity contribution in [2.24, 2.45) is 10.4 Å². The van der Waals surface area contributed by atoms with Crippen LogP contribution >= 0.6 is 0 Å². The molecule has 0 bridgehead atoms.